The van der Waals surface area contributed by atoms with E-state index in [2.05, 4.69) is 42.6 Å². The van der Waals surface area contributed by atoms with Crippen molar-refractivity contribution in [3.63, 3.8) is 0 Å². The van der Waals surface area contributed by atoms with Crippen molar-refractivity contribution in [3.05, 3.63) is 35.9 Å². The highest BCUT2D eigenvalue weighted by molar-refractivity contribution is 5.19. The van der Waals surface area contributed by atoms with Crippen LogP contribution in [0.2, 0.25) is 0 Å². The van der Waals surface area contributed by atoms with Gasteiger partial charge in [-0.1, -0.05) is 50.1 Å². The van der Waals surface area contributed by atoms with Crippen LogP contribution in [0.15, 0.2) is 30.3 Å². The van der Waals surface area contributed by atoms with Crippen LogP contribution in [-0.2, 0) is 0 Å². The molecule has 2 rings (SSSR count). The van der Waals surface area contributed by atoms with Gasteiger partial charge in [0.1, 0.15) is 0 Å². The Hall–Kier alpha value is -0.860. The summed E-state index contributed by atoms with van der Waals surface area (Å²) in [5, 5.41) is 13.4. The molecule has 1 aromatic rings. The van der Waals surface area contributed by atoms with Gasteiger partial charge >= 0.3 is 0 Å². The zero-order valence-corrected chi connectivity index (χ0v) is 10.6. The van der Waals surface area contributed by atoms with Crippen LogP contribution in [0.1, 0.15) is 44.1 Å². The number of benzene rings is 1. The zero-order valence-electron chi connectivity index (χ0n) is 10.6. The molecule has 0 amide bonds. The van der Waals surface area contributed by atoms with Gasteiger partial charge in [0.05, 0.1) is 6.10 Å². The van der Waals surface area contributed by atoms with Crippen LogP contribution in [0.5, 0.6) is 0 Å². The highest BCUT2D eigenvalue weighted by Gasteiger charge is 2.22. The molecule has 1 aromatic carbocycles. The molecule has 0 heterocycles. The van der Waals surface area contributed by atoms with E-state index in [9.17, 15) is 5.11 Å². The Morgan fingerprint density at radius 1 is 1.24 bits per heavy atom. The van der Waals surface area contributed by atoms with Crippen molar-refractivity contribution in [2.75, 3.05) is 6.54 Å². The van der Waals surface area contributed by atoms with Gasteiger partial charge in [0, 0.05) is 12.6 Å². The van der Waals surface area contributed by atoms with Gasteiger partial charge in [0.15, 0.2) is 0 Å². The number of hydrogen-bond donors (Lipinski definition) is 2. The van der Waals surface area contributed by atoms with E-state index in [1.807, 2.05) is 0 Å². The molecule has 17 heavy (non-hydrogen) atoms. The molecule has 2 heteroatoms. The summed E-state index contributed by atoms with van der Waals surface area (Å²) in [6, 6.07) is 10.9. The quantitative estimate of drug-likeness (QED) is 0.838. The molecule has 94 valence electrons. The molecule has 0 radical (unpaired) electrons. The van der Waals surface area contributed by atoms with Crippen LogP contribution >= 0.6 is 0 Å². The van der Waals surface area contributed by atoms with Crippen molar-refractivity contribution in [2.45, 2.75) is 50.7 Å². The molecular weight excluding hydrogens is 210 g/mol. The first-order valence-corrected chi connectivity index (χ1v) is 6.74. The number of nitrogens with one attached hydrogen (secondary N) is 1. The number of aliphatic hydroxyl groups is 1. The maximum absolute atomic E-state index is 9.89. The Balaban J connectivity index is 1.81. The van der Waals surface area contributed by atoms with Crippen LogP contribution in [0.3, 0.4) is 0 Å². The van der Waals surface area contributed by atoms with Crippen LogP contribution in [0.4, 0.5) is 0 Å². The van der Waals surface area contributed by atoms with Gasteiger partial charge < -0.3 is 10.4 Å². The third-order valence-corrected chi connectivity index (χ3v) is 3.78. The molecule has 0 aromatic heterocycles. The summed E-state index contributed by atoms with van der Waals surface area (Å²) in [5.41, 5.74) is 1.37. The van der Waals surface area contributed by atoms with E-state index in [-0.39, 0.29) is 6.10 Å². The van der Waals surface area contributed by atoms with E-state index < -0.39 is 0 Å². The standard InChI is InChI=1S/C15H23NO/c1-12(13-7-3-2-4-8-13)11-16-14-9-5-6-10-15(14)17/h2-4,7-8,12,14-17H,5-6,9-11H2,1H3/t12?,14-,15-/m1/s1. The lowest BCUT2D eigenvalue weighted by Crippen LogP contribution is -2.43. The minimum Gasteiger partial charge on any atom is -0.392 e. The summed E-state index contributed by atoms with van der Waals surface area (Å²) in [6.45, 7) is 3.18. The van der Waals surface area contributed by atoms with Crippen LogP contribution in [0.25, 0.3) is 0 Å². The van der Waals surface area contributed by atoms with E-state index in [0.717, 1.165) is 19.4 Å². The van der Waals surface area contributed by atoms with Gasteiger partial charge in [-0.05, 0) is 24.3 Å². The molecular formula is C15H23NO. The van der Waals surface area contributed by atoms with E-state index in [1.54, 1.807) is 0 Å². The molecule has 0 spiro atoms. The largest absolute Gasteiger partial charge is 0.392 e. The fourth-order valence-electron chi connectivity index (χ4n) is 2.58. The maximum atomic E-state index is 9.89. The molecule has 3 atom stereocenters. The fraction of sp³-hybridized carbons (Fsp3) is 0.600. The van der Waals surface area contributed by atoms with Crippen molar-refractivity contribution < 1.29 is 5.11 Å². The highest BCUT2D eigenvalue weighted by Crippen LogP contribution is 2.20. The molecule has 1 saturated carbocycles. The summed E-state index contributed by atoms with van der Waals surface area (Å²) in [6.07, 6.45) is 4.34. The molecule has 0 aliphatic heterocycles. The first kappa shape index (κ1) is 12.6. The molecule has 1 aliphatic carbocycles. The molecule has 1 unspecified atom stereocenters. The molecule has 0 bridgehead atoms. The fourth-order valence-corrected chi connectivity index (χ4v) is 2.58. The lowest BCUT2D eigenvalue weighted by molar-refractivity contribution is 0.0905. The van der Waals surface area contributed by atoms with Gasteiger partial charge in [-0.3, -0.25) is 0 Å². The monoisotopic (exact) mass is 233 g/mol. The van der Waals surface area contributed by atoms with E-state index in [1.165, 1.54) is 18.4 Å². The Morgan fingerprint density at radius 3 is 2.65 bits per heavy atom. The number of rotatable bonds is 4. The van der Waals surface area contributed by atoms with Gasteiger partial charge in [0.25, 0.3) is 0 Å². The Labute approximate surface area is 104 Å². The third-order valence-electron chi connectivity index (χ3n) is 3.78. The summed E-state index contributed by atoms with van der Waals surface area (Å²) >= 11 is 0. The summed E-state index contributed by atoms with van der Waals surface area (Å²) < 4.78 is 0. The Morgan fingerprint density at radius 2 is 1.94 bits per heavy atom. The predicted octanol–water partition coefficient (Wildman–Crippen LogP) is 2.68. The van der Waals surface area contributed by atoms with Crippen LogP contribution in [0, 0.1) is 0 Å². The van der Waals surface area contributed by atoms with Crippen LogP contribution < -0.4 is 5.32 Å². The summed E-state index contributed by atoms with van der Waals surface area (Å²) in [4.78, 5) is 0. The minimum absolute atomic E-state index is 0.147. The van der Waals surface area contributed by atoms with Gasteiger partial charge in [-0.15, -0.1) is 0 Å². The van der Waals surface area contributed by atoms with Crippen molar-refractivity contribution in [1.29, 1.82) is 0 Å². The second-order valence-electron chi connectivity index (χ2n) is 5.18. The average molecular weight is 233 g/mol. The summed E-state index contributed by atoms with van der Waals surface area (Å²) in [5.74, 6) is 0.505. The normalized spacial score (nSPS) is 26.7. The molecule has 0 saturated heterocycles. The number of aliphatic hydroxyl groups excluding tert-OH is 1. The topological polar surface area (TPSA) is 32.3 Å². The SMILES string of the molecule is CC(CN[C@@H]1CCCC[C@H]1O)c1ccccc1. The minimum atomic E-state index is -0.147. The third kappa shape index (κ3) is 3.55. The smallest absolute Gasteiger partial charge is 0.0693 e. The zero-order chi connectivity index (χ0) is 12.1. The Bertz CT molecular complexity index is 325. The molecule has 2 nitrogen and oxygen atoms in total. The second-order valence-corrected chi connectivity index (χ2v) is 5.18. The van der Waals surface area contributed by atoms with Crippen molar-refractivity contribution in [1.82, 2.24) is 5.32 Å². The van der Waals surface area contributed by atoms with Gasteiger partial charge in [-0.25, -0.2) is 0 Å². The van der Waals surface area contributed by atoms with E-state index >= 15 is 0 Å². The first-order valence-electron chi connectivity index (χ1n) is 6.74. The van der Waals surface area contributed by atoms with Crippen molar-refractivity contribution in [2.24, 2.45) is 0 Å². The van der Waals surface area contributed by atoms with E-state index in [4.69, 9.17) is 0 Å². The average Bonchev–Trinajstić information content (AvgIpc) is 2.38. The van der Waals surface area contributed by atoms with Crippen molar-refractivity contribution >= 4 is 0 Å². The molecule has 1 aliphatic rings. The predicted molar refractivity (Wildman–Crippen MR) is 71.1 cm³/mol. The first-order chi connectivity index (χ1) is 8.27. The molecule has 2 N–H and O–H groups in total. The lowest BCUT2D eigenvalue weighted by atomic mass is 9.92. The second kappa shape index (κ2) is 6.18. The highest BCUT2D eigenvalue weighted by atomic mass is 16.3. The molecule has 1 fully saturated rings. The Kier molecular flexibility index (Phi) is 4.57. The number of hydrogen-bond acceptors (Lipinski definition) is 2. The van der Waals surface area contributed by atoms with E-state index in [0.29, 0.717) is 12.0 Å². The van der Waals surface area contributed by atoms with Gasteiger partial charge in [0.2, 0.25) is 0 Å². The van der Waals surface area contributed by atoms with Crippen molar-refractivity contribution in [3.8, 4) is 0 Å². The lowest BCUT2D eigenvalue weighted by Gasteiger charge is -2.29. The maximum Gasteiger partial charge on any atom is 0.0693 e. The summed E-state index contributed by atoms with van der Waals surface area (Å²) in [7, 11) is 0. The van der Waals surface area contributed by atoms with Crippen LogP contribution in [-0.4, -0.2) is 23.8 Å². The van der Waals surface area contributed by atoms with Gasteiger partial charge in [-0.2, -0.15) is 0 Å².